The zero-order valence-corrected chi connectivity index (χ0v) is 22.9. The van der Waals surface area contributed by atoms with Crippen LogP contribution in [0.25, 0.3) is 0 Å². The number of hydrogen-bond donors (Lipinski definition) is 0. The molecular weight excluding hydrogens is 553 g/mol. The van der Waals surface area contributed by atoms with Gasteiger partial charge in [-0.1, -0.05) is 66.2 Å². The van der Waals surface area contributed by atoms with Gasteiger partial charge in [0.15, 0.2) is 0 Å². The molecular formula is C30H25ClFN3O4S. The number of carbonyl (C=O) groups is 1. The summed E-state index contributed by atoms with van der Waals surface area (Å²) in [5.74, 6) is -0.925. The number of amides is 1. The Kier molecular flexibility index (Phi) is 8.14. The lowest BCUT2D eigenvalue weighted by atomic mass is 10.2. The molecule has 5 rings (SSSR count). The predicted molar refractivity (Wildman–Crippen MR) is 149 cm³/mol. The van der Waals surface area contributed by atoms with Gasteiger partial charge in [0.25, 0.3) is 5.91 Å². The number of aromatic nitrogens is 2. The van der Waals surface area contributed by atoms with Crippen molar-refractivity contribution in [2.45, 2.75) is 30.5 Å². The van der Waals surface area contributed by atoms with Crippen molar-refractivity contribution in [2.75, 3.05) is 0 Å². The van der Waals surface area contributed by atoms with Crippen LogP contribution in [0.5, 0.6) is 0 Å². The molecule has 0 spiro atoms. The van der Waals surface area contributed by atoms with Crippen molar-refractivity contribution >= 4 is 27.3 Å². The molecule has 7 nitrogen and oxygen atoms in total. The number of halogens is 2. The van der Waals surface area contributed by atoms with Crippen LogP contribution in [0.1, 0.15) is 32.9 Å². The topological polar surface area (TPSA) is 85.4 Å². The van der Waals surface area contributed by atoms with Crippen molar-refractivity contribution in [1.29, 1.82) is 0 Å². The maximum Gasteiger partial charge on any atom is 0.254 e. The van der Waals surface area contributed by atoms with E-state index in [0.29, 0.717) is 22.0 Å². The lowest BCUT2D eigenvalue weighted by Gasteiger charge is -2.23. The van der Waals surface area contributed by atoms with Crippen LogP contribution >= 0.6 is 11.6 Å². The highest BCUT2D eigenvalue weighted by Gasteiger charge is 2.27. The summed E-state index contributed by atoms with van der Waals surface area (Å²) in [5, 5.41) is 0.210. The highest BCUT2D eigenvalue weighted by Crippen LogP contribution is 2.23. The van der Waals surface area contributed by atoms with Gasteiger partial charge >= 0.3 is 0 Å². The molecule has 0 aliphatic carbocycles. The van der Waals surface area contributed by atoms with E-state index in [9.17, 15) is 17.6 Å². The van der Waals surface area contributed by atoms with Crippen molar-refractivity contribution in [1.82, 2.24) is 14.5 Å². The Hall–Kier alpha value is -4.21. The number of carbonyl (C=O) groups excluding carboxylic acids is 1. The first-order valence-corrected chi connectivity index (χ1v) is 14.4. The fourth-order valence-electron chi connectivity index (χ4n) is 4.38. The maximum atomic E-state index is 14.4. The molecule has 0 atom stereocenters. The van der Waals surface area contributed by atoms with E-state index >= 15 is 0 Å². The van der Waals surface area contributed by atoms with Crippen molar-refractivity contribution in [3.8, 4) is 0 Å². The normalized spacial score (nSPS) is 11.4. The van der Waals surface area contributed by atoms with E-state index in [1.54, 1.807) is 47.0 Å². The summed E-state index contributed by atoms with van der Waals surface area (Å²) in [4.78, 5) is 19.4. The standard InChI is InChI=1S/C30H25ClFN3O4S/c31-25-12-6-11-23(16-25)29(36)34(20-27-13-7-15-39-27)19-26-17-33-30(35(26)18-22-8-2-1-3-9-22)40(37,38)21-24-10-4-5-14-28(24)32/h1-17H,18-21H2. The summed E-state index contributed by atoms with van der Waals surface area (Å²) in [7, 11) is -4.06. The molecule has 0 aliphatic rings. The molecule has 3 aromatic carbocycles. The monoisotopic (exact) mass is 577 g/mol. The second-order valence-electron chi connectivity index (χ2n) is 9.21. The fraction of sp³-hybridized carbons (Fsp3) is 0.133. The predicted octanol–water partition coefficient (Wildman–Crippen LogP) is 6.13. The molecule has 5 aromatic rings. The lowest BCUT2D eigenvalue weighted by molar-refractivity contribution is 0.0713. The lowest BCUT2D eigenvalue weighted by Crippen LogP contribution is -2.31. The minimum atomic E-state index is -4.06. The first-order valence-electron chi connectivity index (χ1n) is 12.4. The van der Waals surface area contributed by atoms with Crippen LogP contribution in [0, 0.1) is 5.82 Å². The van der Waals surface area contributed by atoms with E-state index in [-0.39, 0.29) is 36.3 Å². The van der Waals surface area contributed by atoms with Crippen LogP contribution in [0.4, 0.5) is 4.39 Å². The van der Waals surface area contributed by atoms with Gasteiger partial charge in [-0.2, -0.15) is 0 Å². The van der Waals surface area contributed by atoms with E-state index in [1.807, 2.05) is 30.3 Å². The molecule has 1 amide bonds. The molecule has 0 fully saturated rings. The van der Waals surface area contributed by atoms with Gasteiger partial charge in [0.1, 0.15) is 11.6 Å². The highest BCUT2D eigenvalue weighted by atomic mass is 35.5. The quantitative estimate of drug-likeness (QED) is 0.199. The van der Waals surface area contributed by atoms with E-state index in [4.69, 9.17) is 16.0 Å². The molecule has 2 heterocycles. The van der Waals surface area contributed by atoms with E-state index < -0.39 is 21.4 Å². The second-order valence-corrected chi connectivity index (χ2v) is 11.5. The number of benzene rings is 3. The molecule has 2 aromatic heterocycles. The molecule has 40 heavy (non-hydrogen) atoms. The van der Waals surface area contributed by atoms with E-state index in [2.05, 4.69) is 4.98 Å². The Balaban J connectivity index is 1.54. The number of furan rings is 1. The van der Waals surface area contributed by atoms with E-state index in [0.717, 1.165) is 5.56 Å². The summed E-state index contributed by atoms with van der Waals surface area (Å²) in [6.45, 7) is 0.342. The number of hydrogen-bond acceptors (Lipinski definition) is 5. The molecule has 0 N–H and O–H groups in total. The van der Waals surface area contributed by atoms with Crippen molar-refractivity contribution in [2.24, 2.45) is 0 Å². The summed E-state index contributed by atoms with van der Waals surface area (Å²) in [6.07, 6.45) is 2.96. The van der Waals surface area contributed by atoms with E-state index in [1.165, 1.54) is 35.6 Å². The van der Waals surface area contributed by atoms with Crippen molar-refractivity contribution in [3.05, 3.63) is 142 Å². The van der Waals surface area contributed by atoms with Gasteiger partial charge in [0.05, 0.1) is 43.5 Å². The van der Waals surface area contributed by atoms with Crippen LogP contribution in [-0.4, -0.2) is 28.8 Å². The number of nitrogens with zero attached hydrogens (tertiary/aromatic N) is 3. The third-order valence-corrected chi connectivity index (χ3v) is 8.11. The fourth-order valence-corrected chi connectivity index (χ4v) is 6.07. The minimum Gasteiger partial charge on any atom is -0.467 e. The number of sulfone groups is 1. The summed E-state index contributed by atoms with van der Waals surface area (Å²) >= 11 is 6.15. The van der Waals surface area contributed by atoms with Crippen LogP contribution in [0.2, 0.25) is 5.02 Å². The van der Waals surface area contributed by atoms with Gasteiger partial charge in [-0.3, -0.25) is 4.79 Å². The van der Waals surface area contributed by atoms with Crippen molar-refractivity contribution in [3.63, 3.8) is 0 Å². The zero-order valence-electron chi connectivity index (χ0n) is 21.3. The average Bonchev–Trinajstić information content (AvgIpc) is 3.60. The van der Waals surface area contributed by atoms with Crippen LogP contribution in [0.15, 0.2) is 113 Å². The summed E-state index contributed by atoms with van der Waals surface area (Å²) in [5.41, 5.74) is 1.75. The summed E-state index contributed by atoms with van der Waals surface area (Å²) in [6, 6.07) is 25.1. The minimum absolute atomic E-state index is 0.0289. The smallest absolute Gasteiger partial charge is 0.254 e. The molecule has 204 valence electrons. The Morgan fingerprint density at radius 1 is 0.950 bits per heavy atom. The largest absolute Gasteiger partial charge is 0.467 e. The molecule has 0 saturated heterocycles. The SMILES string of the molecule is O=C(c1cccc(Cl)c1)N(Cc1ccco1)Cc1cnc(S(=O)(=O)Cc2ccccc2F)n1Cc1ccccc1. The third kappa shape index (κ3) is 6.32. The molecule has 0 saturated carbocycles. The Morgan fingerprint density at radius 2 is 1.73 bits per heavy atom. The first-order chi connectivity index (χ1) is 19.3. The van der Waals surface area contributed by atoms with Gasteiger partial charge in [-0.25, -0.2) is 17.8 Å². The zero-order chi connectivity index (χ0) is 28.1. The highest BCUT2D eigenvalue weighted by molar-refractivity contribution is 7.90. The third-order valence-electron chi connectivity index (χ3n) is 6.31. The molecule has 0 unspecified atom stereocenters. The van der Waals surface area contributed by atoms with Crippen LogP contribution in [0.3, 0.4) is 0 Å². The Labute approximate surface area is 236 Å². The molecule has 0 radical (unpaired) electrons. The Morgan fingerprint density at radius 3 is 2.45 bits per heavy atom. The van der Waals surface area contributed by atoms with Crippen LogP contribution < -0.4 is 0 Å². The molecule has 10 heteroatoms. The van der Waals surface area contributed by atoms with Gasteiger partial charge < -0.3 is 13.9 Å². The van der Waals surface area contributed by atoms with Gasteiger partial charge in [0, 0.05) is 16.1 Å². The first kappa shape index (κ1) is 27.4. The average molecular weight is 578 g/mol. The van der Waals surface area contributed by atoms with Gasteiger partial charge in [-0.15, -0.1) is 0 Å². The van der Waals surface area contributed by atoms with Crippen molar-refractivity contribution < 1.29 is 22.0 Å². The van der Waals surface area contributed by atoms with Gasteiger partial charge in [-0.05, 0) is 42.0 Å². The molecule has 0 bridgehead atoms. The second kappa shape index (κ2) is 11.9. The Bertz CT molecular complexity index is 1720. The van der Waals surface area contributed by atoms with Gasteiger partial charge in [0.2, 0.25) is 15.0 Å². The molecule has 0 aliphatic heterocycles. The van der Waals surface area contributed by atoms with Crippen LogP contribution in [-0.2, 0) is 35.2 Å². The number of imidazole rings is 1. The maximum absolute atomic E-state index is 14.4. The summed E-state index contributed by atoms with van der Waals surface area (Å²) < 4.78 is 48.5. The number of rotatable bonds is 10.